The number of carbonyl (C=O) groups is 1. The van der Waals surface area contributed by atoms with Crippen LogP contribution in [0.4, 0.5) is 0 Å². The van der Waals surface area contributed by atoms with Gasteiger partial charge in [-0.1, -0.05) is 42.5 Å². The highest BCUT2D eigenvalue weighted by molar-refractivity contribution is 5.91. The monoisotopic (exact) mass is 404 g/mol. The zero-order valence-corrected chi connectivity index (χ0v) is 17.2. The van der Waals surface area contributed by atoms with Crippen molar-refractivity contribution in [3.63, 3.8) is 0 Å². The normalized spacial score (nSPS) is 15.1. The maximum absolute atomic E-state index is 12.2. The van der Waals surface area contributed by atoms with E-state index in [1.165, 1.54) is 0 Å². The zero-order chi connectivity index (χ0) is 20.6. The first-order valence-electron chi connectivity index (χ1n) is 10.5. The highest BCUT2D eigenvalue weighted by Gasteiger charge is 2.14. The van der Waals surface area contributed by atoms with Crippen molar-refractivity contribution >= 4 is 23.0 Å². The molecule has 1 aliphatic heterocycles. The molecule has 0 saturated carbocycles. The molecule has 0 atom stereocenters. The first-order valence-corrected chi connectivity index (χ1v) is 10.5. The van der Waals surface area contributed by atoms with E-state index in [0.29, 0.717) is 13.0 Å². The number of nitrogens with one attached hydrogen (secondary N) is 1. The Hall–Kier alpha value is -2.96. The van der Waals surface area contributed by atoms with Crippen molar-refractivity contribution in [1.82, 2.24) is 19.8 Å². The molecule has 1 N–H and O–H groups in total. The number of hydrogen-bond acceptors (Lipinski definition) is 4. The van der Waals surface area contributed by atoms with Gasteiger partial charge in [-0.05, 0) is 23.8 Å². The van der Waals surface area contributed by atoms with Gasteiger partial charge in [0.15, 0.2) is 0 Å². The van der Waals surface area contributed by atoms with Crippen molar-refractivity contribution in [1.29, 1.82) is 0 Å². The van der Waals surface area contributed by atoms with Crippen LogP contribution in [0.25, 0.3) is 17.1 Å². The van der Waals surface area contributed by atoms with Crippen molar-refractivity contribution < 1.29 is 9.53 Å². The van der Waals surface area contributed by atoms with Gasteiger partial charge in [-0.3, -0.25) is 9.69 Å². The number of hydrogen-bond donors (Lipinski definition) is 1. The fraction of sp³-hybridized carbons (Fsp3) is 0.333. The molecule has 156 valence electrons. The van der Waals surface area contributed by atoms with Crippen LogP contribution in [-0.4, -0.2) is 59.8 Å². The van der Waals surface area contributed by atoms with Gasteiger partial charge in [-0.2, -0.15) is 0 Å². The first-order chi connectivity index (χ1) is 14.8. The van der Waals surface area contributed by atoms with Gasteiger partial charge in [0, 0.05) is 45.2 Å². The Morgan fingerprint density at radius 1 is 1.03 bits per heavy atom. The molecule has 3 aromatic rings. The molecule has 6 heteroatoms. The lowest BCUT2D eigenvalue weighted by Crippen LogP contribution is -2.38. The maximum atomic E-state index is 12.2. The van der Waals surface area contributed by atoms with Crippen molar-refractivity contribution in [2.45, 2.75) is 13.0 Å². The van der Waals surface area contributed by atoms with Gasteiger partial charge in [-0.15, -0.1) is 0 Å². The van der Waals surface area contributed by atoms with Crippen LogP contribution in [-0.2, 0) is 22.5 Å². The summed E-state index contributed by atoms with van der Waals surface area (Å²) < 4.78 is 7.74. The van der Waals surface area contributed by atoms with Crippen LogP contribution in [0.5, 0.6) is 0 Å². The van der Waals surface area contributed by atoms with Crippen LogP contribution in [0.3, 0.4) is 0 Å². The second-order valence-electron chi connectivity index (χ2n) is 7.41. The number of fused-ring (bicyclic) bond motifs is 1. The smallest absolute Gasteiger partial charge is 0.244 e. The lowest BCUT2D eigenvalue weighted by atomic mass is 10.2. The van der Waals surface area contributed by atoms with Crippen LogP contribution in [0.1, 0.15) is 11.4 Å². The van der Waals surface area contributed by atoms with Crippen LogP contribution in [0, 0.1) is 0 Å². The van der Waals surface area contributed by atoms with Crippen molar-refractivity contribution in [2.24, 2.45) is 0 Å². The summed E-state index contributed by atoms with van der Waals surface area (Å²) in [5, 5.41) is 2.97. The molecular formula is C24H28N4O2. The number of ether oxygens (including phenoxy) is 1. The van der Waals surface area contributed by atoms with Gasteiger partial charge >= 0.3 is 0 Å². The summed E-state index contributed by atoms with van der Waals surface area (Å²) in [4.78, 5) is 19.4. The van der Waals surface area contributed by atoms with Gasteiger partial charge in [0.25, 0.3) is 0 Å². The van der Waals surface area contributed by atoms with E-state index in [9.17, 15) is 4.79 Å². The lowest BCUT2D eigenvalue weighted by Gasteiger charge is -2.27. The number of carbonyl (C=O) groups excluding carboxylic acids is 1. The second-order valence-corrected chi connectivity index (χ2v) is 7.41. The molecule has 1 aliphatic rings. The summed E-state index contributed by atoms with van der Waals surface area (Å²) in [5.74, 6) is 0.923. The summed E-state index contributed by atoms with van der Waals surface area (Å²) in [7, 11) is 0. The van der Waals surface area contributed by atoms with Crippen LogP contribution < -0.4 is 5.32 Å². The maximum Gasteiger partial charge on any atom is 0.244 e. The highest BCUT2D eigenvalue weighted by Crippen LogP contribution is 2.16. The van der Waals surface area contributed by atoms with Crippen LogP contribution in [0.2, 0.25) is 0 Å². The number of para-hydroxylation sites is 2. The van der Waals surface area contributed by atoms with Gasteiger partial charge < -0.3 is 14.6 Å². The van der Waals surface area contributed by atoms with Gasteiger partial charge in [0.1, 0.15) is 5.82 Å². The SMILES string of the molecule is O=C(/C=C/c1ccccc1)NCCc1nc2ccccc2n1CCN1CCOCC1. The number of morpholine rings is 1. The van der Waals surface area contributed by atoms with E-state index >= 15 is 0 Å². The fourth-order valence-electron chi connectivity index (χ4n) is 3.72. The molecular weight excluding hydrogens is 376 g/mol. The van der Waals surface area contributed by atoms with Gasteiger partial charge in [-0.25, -0.2) is 4.98 Å². The molecule has 1 amide bonds. The molecule has 6 nitrogen and oxygen atoms in total. The number of imidazole rings is 1. The minimum atomic E-state index is -0.0881. The molecule has 2 aromatic carbocycles. The van der Waals surface area contributed by atoms with E-state index in [-0.39, 0.29) is 5.91 Å². The molecule has 0 spiro atoms. The van der Waals surface area contributed by atoms with Crippen molar-refractivity contribution in [3.05, 3.63) is 72.1 Å². The fourth-order valence-corrected chi connectivity index (χ4v) is 3.72. The summed E-state index contributed by atoms with van der Waals surface area (Å²) in [6, 6.07) is 18.1. The average molecular weight is 405 g/mol. The minimum Gasteiger partial charge on any atom is -0.379 e. The number of amides is 1. The van der Waals surface area contributed by atoms with Crippen molar-refractivity contribution in [2.75, 3.05) is 39.4 Å². The Kier molecular flexibility index (Phi) is 6.90. The molecule has 0 unspecified atom stereocenters. The number of rotatable bonds is 8. The molecule has 0 bridgehead atoms. The molecule has 1 saturated heterocycles. The molecule has 2 heterocycles. The predicted octanol–water partition coefficient (Wildman–Crippen LogP) is 2.74. The summed E-state index contributed by atoms with van der Waals surface area (Å²) >= 11 is 0. The summed E-state index contributed by atoms with van der Waals surface area (Å²) in [5.41, 5.74) is 3.17. The van der Waals surface area contributed by atoms with E-state index in [0.717, 1.165) is 61.8 Å². The third-order valence-electron chi connectivity index (χ3n) is 5.35. The van der Waals surface area contributed by atoms with Crippen LogP contribution >= 0.6 is 0 Å². The van der Waals surface area contributed by atoms with E-state index in [2.05, 4.69) is 26.9 Å². The Labute approximate surface area is 177 Å². The zero-order valence-electron chi connectivity index (χ0n) is 17.2. The standard InChI is InChI=1S/C24H28N4O2/c29-24(11-10-20-6-2-1-3-7-20)25-13-12-23-26-21-8-4-5-9-22(21)28(23)15-14-27-16-18-30-19-17-27/h1-11H,12-19H2,(H,25,29)/b11-10+. The summed E-state index contributed by atoms with van der Waals surface area (Å²) in [6.45, 7) is 5.98. The predicted molar refractivity (Wildman–Crippen MR) is 119 cm³/mol. The Balaban J connectivity index is 1.37. The number of nitrogens with zero attached hydrogens (tertiary/aromatic N) is 3. The molecule has 1 aromatic heterocycles. The molecule has 0 aliphatic carbocycles. The Morgan fingerprint density at radius 3 is 2.63 bits per heavy atom. The minimum absolute atomic E-state index is 0.0881. The van der Waals surface area contributed by atoms with Gasteiger partial charge in [0.2, 0.25) is 5.91 Å². The number of benzene rings is 2. The van der Waals surface area contributed by atoms with Crippen molar-refractivity contribution in [3.8, 4) is 0 Å². The van der Waals surface area contributed by atoms with E-state index < -0.39 is 0 Å². The molecule has 1 fully saturated rings. The highest BCUT2D eigenvalue weighted by atomic mass is 16.5. The molecule has 0 radical (unpaired) electrons. The summed E-state index contributed by atoms with van der Waals surface area (Å²) in [6.07, 6.45) is 4.10. The first kappa shape index (κ1) is 20.3. The molecule has 4 rings (SSSR count). The van der Waals surface area contributed by atoms with E-state index in [1.54, 1.807) is 6.08 Å². The van der Waals surface area contributed by atoms with E-state index in [1.807, 2.05) is 48.5 Å². The average Bonchev–Trinajstić information content (AvgIpc) is 3.15. The number of aromatic nitrogens is 2. The van der Waals surface area contributed by atoms with E-state index in [4.69, 9.17) is 9.72 Å². The Morgan fingerprint density at radius 2 is 1.80 bits per heavy atom. The topological polar surface area (TPSA) is 59.4 Å². The van der Waals surface area contributed by atoms with Gasteiger partial charge in [0.05, 0.1) is 24.2 Å². The largest absolute Gasteiger partial charge is 0.379 e. The third-order valence-corrected chi connectivity index (χ3v) is 5.35. The third kappa shape index (κ3) is 5.34. The van der Waals surface area contributed by atoms with Crippen LogP contribution in [0.15, 0.2) is 60.7 Å². The quantitative estimate of drug-likeness (QED) is 0.587. The lowest BCUT2D eigenvalue weighted by molar-refractivity contribution is -0.116. The Bertz CT molecular complexity index is 991. The second kappa shape index (κ2) is 10.2. The molecule has 30 heavy (non-hydrogen) atoms.